The van der Waals surface area contributed by atoms with Crippen LogP contribution in [0.25, 0.3) is 0 Å². The highest BCUT2D eigenvalue weighted by Gasteiger charge is 2.27. The molecule has 6 heteroatoms. The summed E-state index contributed by atoms with van der Waals surface area (Å²) in [6, 6.07) is 11.9. The molecule has 6 nitrogen and oxygen atoms in total. The molecule has 1 heterocycles. The van der Waals surface area contributed by atoms with Gasteiger partial charge < -0.3 is 24.4 Å². The zero-order valence-electron chi connectivity index (χ0n) is 17.7. The molecule has 0 saturated carbocycles. The molecule has 2 amide bonds. The molecule has 156 valence electrons. The summed E-state index contributed by atoms with van der Waals surface area (Å²) in [5, 5.41) is 3.03. The topological polar surface area (TPSA) is 60.0 Å². The van der Waals surface area contributed by atoms with Gasteiger partial charge in [0.2, 0.25) is 5.75 Å². The van der Waals surface area contributed by atoms with Crippen LogP contribution in [0.4, 0.5) is 10.5 Å². The third-order valence-corrected chi connectivity index (χ3v) is 5.36. The standard InChI is InChI=1S/C23H30N2O4/c1-16-9-8-10-17(13-16)19-11-6-5-7-12-25(19)23(26)24-18-14-20(27-2)22(29-4)21(15-18)28-3/h8-10,13-15,19H,5-7,11-12H2,1-4H3,(H,24,26)/t19-/m0/s1. The van der Waals surface area contributed by atoms with Crippen molar-refractivity contribution in [2.75, 3.05) is 33.2 Å². The Balaban J connectivity index is 1.87. The Kier molecular flexibility index (Phi) is 6.86. The highest BCUT2D eigenvalue weighted by atomic mass is 16.5. The van der Waals surface area contributed by atoms with Crippen molar-refractivity contribution in [3.05, 3.63) is 47.5 Å². The second kappa shape index (κ2) is 9.54. The first kappa shape index (κ1) is 20.8. The second-order valence-corrected chi connectivity index (χ2v) is 7.32. The Morgan fingerprint density at radius 3 is 2.34 bits per heavy atom. The van der Waals surface area contributed by atoms with E-state index in [9.17, 15) is 4.79 Å². The zero-order valence-corrected chi connectivity index (χ0v) is 17.7. The van der Waals surface area contributed by atoms with Crippen molar-refractivity contribution in [1.82, 2.24) is 4.90 Å². The Labute approximate surface area is 172 Å². The summed E-state index contributed by atoms with van der Waals surface area (Å²) < 4.78 is 16.2. The van der Waals surface area contributed by atoms with E-state index >= 15 is 0 Å². The van der Waals surface area contributed by atoms with Gasteiger partial charge in [0.15, 0.2) is 11.5 Å². The maximum absolute atomic E-state index is 13.2. The Hall–Kier alpha value is -2.89. The lowest BCUT2D eigenvalue weighted by Gasteiger charge is -2.31. The van der Waals surface area contributed by atoms with E-state index in [0.717, 1.165) is 32.2 Å². The number of aryl methyl sites for hydroxylation is 1. The number of hydrogen-bond acceptors (Lipinski definition) is 4. The molecule has 0 aliphatic carbocycles. The van der Waals surface area contributed by atoms with Gasteiger partial charge in [-0.3, -0.25) is 0 Å². The van der Waals surface area contributed by atoms with Gasteiger partial charge in [-0.05, 0) is 25.3 Å². The van der Waals surface area contributed by atoms with E-state index in [2.05, 4.69) is 36.5 Å². The molecule has 1 atom stereocenters. The number of benzene rings is 2. The third kappa shape index (κ3) is 4.75. The summed E-state index contributed by atoms with van der Waals surface area (Å²) in [5.41, 5.74) is 3.00. The lowest BCUT2D eigenvalue weighted by molar-refractivity contribution is 0.189. The minimum Gasteiger partial charge on any atom is -0.493 e. The van der Waals surface area contributed by atoms with Crippen LogP contribution in [0.2, 0.25) is 0 Å². The molecular weight excluding hydrogens is 368 g/mol. The molecule has 0 bridgehead atoms. The quantitative estimate of drug-likeness (QED) is 0.755. The van der Waals surface area contributed by atoms with Crippen LogP contribution in [0.3, 0.4) is 0 Å². The molecule has 0 aromatic heterocycles. The SMILES string of the molecule is COc1cc(NC(=O)N2CCCCC[C@H]2c2cccc(C)c2)cc(OC)c1OC. The van der Waals surface area contributed by atoms with E-state index < -0.39 is 0 Å². The average molecular weight is 399 g/mol. The largest absolute Gasteiger partial charge is 0.493 e. The van der Waals surface area contributed by atoms with Crippen LogP contribution in [0.15, 0.2) is 36.4 Å². The number of carbonyl (C=O) groups excluding carboxylic acids is 1. The normalized spacial score (nSPS) is 16.7. The number of anilines is 1. The fourth-order valence-corrected chi connectivity index (χ4v) is 3.92. The van der Waals surface area contributed by atoms with Gasteiger partial charge in [-0.15, -0.1) is 0 Å². The monoisotopic (exact) mass is 398 g/mol. The summed E-state index contributed by atoms with van der Waals surface area (Å²) >= 11 is 0. The molecule has 1 aliphatic heterocycles. The molecule has 0 radical (unpaired) electrons. The van der Waals surface area contributed by atoms with Crippen LogP contribution in [0.1, 0.15) is 42.9 Å². The van der Waals surface area contributed by atoms with Gasteiger partial charge in [-0.25, -0.2) is 4.79 Å². The minimum absolute atomic E-state index is 0.0689. The van der Waals surface area contributed by atoms with Crippen LogP contribution < -0.4 is 19.5 Å². The molecule has 3 rings (SSSR count). The summed E-state index contributed by atoms with van der Waals surface area (Å²) in [7, 11) is 4.68. The number of methoxy groups -OCH3 is 3. The van der Waals surface area contributed by atoms with Gasteiger partial charge in [0.1, 0.15) is 0 Å². The first-order valence-corrected chi connectivity index (χ1v) is 10.0. The van der Waals surface area contributed by atoms with Gasteiger partial charge in [0.25, 0.3) is 0 Å². The van der Waals surface area contributed by atoms with Crippen LogP contribution in [0.5, 0.6) is 17.2 Å². The van der Waals surface area contributed by atoms with Crippen molar-refractivity contribution in [2.45, 2.75) is 38.6 Å². The van der Waals surface area contributed by atoms with Crippen LogP contribution in [-0.2, 0) is 0 Å². The van der Waals surface area contributed by atoms with Crippen LogP contribution in [-0.4, -0.2) is 38.8 Å². The molecule has 1 aliphatic rings. The number of hydrogen-bond donors (Lipinski definition) is 1. The number of likely N-dealkylation sites (tertiary alicyclic amines) is 1. The Morgan fingerprint density at radius 1 is 1.00 bits per heavy atom. The lowest BCUT2D eigenvalue weighted by atomic mass is 9.99. The molecule has 0 unspecified atom stereocenters. The molecule has 2 aromatic rings. The van der Waals surface area contributed by atoms with E-state index in [1.807, 2.05) is 4.90 Å². The number of nitrogens with zero attached hydrogens (tertiary/aromatic N) is 1. The van der Waals surface area contributed by atoms with Crippen molar-refractivity contribution < 1.29 is 19.0 Å². The van der Waals surface area contributed by atoms with Crippen LogP contribution in [0, 0.1) is 6.92 Å². The predicted octanol–water partition coefficient (Wildman–Crippen LogP) is 5.17. The molecule has 0 spiro atoms. The highest BCUT2D eigenvalue weighted by molar-refractivity contribution is 5.90. The summed E-state index contributed by atoms with van der Waals surface area (Å²) in [6.07, 6.45) is 4.22. The van der Waals surface area contributed by atoms with Gasteiger partial charge >= 0.3 is 6.03 Å². The van der Waals surface area contributed by atoms with Gasteiger partial charge in [0, 0.05) is 18.7 Å². The first-order chi connectivity index (χ1) is 14.1. The number of rotatable bonds is 5. The van der Waals surface area contributed by atoms with Crippen molar-refractivity contribution in [2.24, 2.45) is 0 Å². The Morgan fingerprint density at radius 2 is 1.72 bits per heavy atom. The fourth-order valence-electron chi connectivity index (χ4n) is 3.92. The molecule has 1 saturated heterocycles. The summed E-state index contributed by atoms with van der Waals surface area (Å²) in [5.74, 6) is 1.52. The van der Waals surface area contributed by atoms with Gasteiger partial charge in [-0.1, -0.05) is 42.7 Å². The number of urea groups is 1. The van der Waals surface area contributed by atoms with Crippen molar-refractivity contribution in [1.29, 1.82) is 0 Å². The summed E-state index contributed by atoms with van der Waals surface area (Å²) in [6.45, 7) is 2.81. The van der Waals surface area contributed by atoms with E-state index in [4.69, 9.17) is 14.2 Å². The number of carbonyl (C=O) groups is 1. The number of amides is 2. The number of nitrogens with one attached hydrogen (secondary N) is 1. The van der Waals surface area contributed by atoms with Crippen molar-refractivity contribution in [3.8, 4) is 17.2 Å². The molecule has 2 aromatic carbocycles. The first-order valence-electron chi connectivity index (χ1n) is 10.0. The van der Waals surface area contributed by atoms with Crippen molar-refractivity contribution in [3.63, 3.8) is 0 Å². The van der Waals surface area contributed by atoms with Crippen LogP contribution >= 0.6 is 0 Å². The molecule has 29 heavy (non-hydrogen) atoms. The second-order valence-electron chi connectivity index (χ2n) is 7.32. The van der Waals surface area contributed by atoms with E-state index in [1.165, 1.54) is 11.1 Å². The number of ether oxygens (including phenoxy) is 3. The Bertz CT molecular complexity index is 828. The molecule has 1 N–H and O–H groups in total. The smallest absolute Gasteiger partial charge is 0.322 e. The lowest BCUT2D eigenvalue weighted by Crippen LogP contribution is -2.38. The van der Waals surface area contributed by atoms with Gasteiger partial charge in [-0.2, -0.15) is 0 Å². The summed E-state index contributed by atoms with van der Waals surface area (Å²) in [4.78, 5) is 15.2. The maximum Gasteiger partial charge on any atom is 0.322 e. The van der Waals surface area contributed by atoms with Gasteiger partial charge in [0.05, 0.1) is 33.1 Å². The highest BCUT2D eigenvalue weighted by Crippen LogP contribution is 2.40. The van der Waals surface area contributed by atoms with E-state index in [-0.39, 0.29) is 12.1 Å². The van der Waals surface area contributed by atoms with E-state index in [1.54, 1.807) is 33.5 Å². The average Bonchev–Trinajstić information content (AvgIpc) is 2.99. The maximum atomic E-state index is 13.2. The fraction of sp³-hybridized carbons (Fsp3) is 0.435. The van der Waals surface area contributed by atoms with E-state index in [0.29, 0.717) is 22.9 Å². The predicted molar refractivity (Wildman–Crippen MR) is 114 cm³/mol. The zero-order chi connectivity index (χ0) is 20.8. The van der Waals surface area contributed by atoms with Crippen molar-refractivity contribution >= 4 is 11.7 Å². The molecular formula is C23H30N2O4. The molecule has 1 fully saturated rings. The minimum atomic E-state index is -0.118. The third-order valence-electron chi connectivity index (χ3n) is 5.36.